The van der Waals surface area contributed by atoms with Crippen molar-refractivity contribution in [3.05, 3.63) is 58.9 Å². The summed E-state index contributed by atoms with van der Waals surface area (Å²) in [5, 5.41) is 2.92. The van der Waals surface area contributed by atoms with Crippen molar-refractivity contribution in [2.75, 3.05) is 49.1 Å². The highest BCUT2D eigenvalue weighted by Crippen LogP contribution is 2.29. The number of halogens is 1. The van der Waals surface area contributed by atoms with Gasteiger partial charge in [-0.25, -0.2) is 12.8 Å². The van der Waals surface area contributed by atoms with Gasteiger partial charge in [-0.15, -0.1) is 0 Å². The molecule has 0 saturated carbocycles. The highest BCUT2D eigenvalue weighted by atomic mass is 32.2. The molecule has 0 aliphatic carbocycles. The summed E-state index contributed by atoms with van der Waals surface area (Å²) in [5.41, 5.74) is 3.00. The van der Waals surface area contributed by atoms with Crippen LogP contribution in [-0.4, -0.2) is 58.7 Å². The highest BCUT2D eigenvalue weighted by molar-refractivity contribution is 7.92. The Bertz CT molecular complexity index is 1070. The van der Waals surface area contributed by atoms with Gasteiger partial charge >= 0.3 is 0 Å². The van der Waals surface area contributed by atoms with Crippen LogP contribution in [0.15, 0.2) is 36.4 Å². The second kappa shape index (κ2) is 9.23. The number of benzene rings is 2. The van der Waals surface area contributed by atoms with Crippen LogP contribution in [0.1, 0.15) is 34.5 Å². The van der Waals surface area contributed by atoms with Gasteiger partial charge in [0.05, 0.1) is 18.0 Å². The minimum absolute atomic E-state index is 0.321. The third-order valence-electron chi connectivity index (χ3n) is 5.44. The summed E-state index contributed by atoms with van der Waals surface area (Å²) < 4.78 is 39.6. The number of sulfonamides is 1. The maximum Gasteiger partial charge on any atom is 0.251 e. The normalized spacial score (nSPS) is 16.1. The first kappa shape index (κ1) is 23.0. The molecule has 9 heteroatoms. The number of amides is 1. The number of nitrogens with zero attached hydrogens (tertiary/aromatic N) is 2. The van der Waals surface area contributed by atoms with Gasteiger partial charge in [0.1, 0.15) is 5.82 Å². The monoisotopic (exact) mass is 448 g/mol. The van der Waals surface area contributed by atoms with E-state index in [1.807, 2.05) is 6.92 Å². The van der Waals surface area contributed by atoms with Gasteiger partial charge < -0.3 is 15.1 Å². The summed E-state index contributed by atoms with van der Waals surface area (Å²) in [6.07, 6.45) is 1.06. The molecule has 0 spiro atoms. The molecular weight excluding hydrogens is 419 g/mol. The molecule has 1 saturated heterocycles. The largest absolute Gasteiger partial charge is 0.369 e. The lowest BCUT2D eigenvalue weighted by Crippen LogP contribution is -2.45. The van der Waals surface area contributed by atoms with Crippen molar-refractivity contribution in [2.24, 2.45) is 0 Å². The Morgan fingerprint density at radius 2 is 1.77 bits per heavy atom. The Balaban J connectivity index is 1.82. The zero-order valence-electron chi connectivity index (χ0n) is 18.3. The van der Waals surface area contributed by atoms with Crippen molar-refractivity contribution in [3.63, 3.8) is 0 Å². The summed E-state index contributed by atoms with van der Waals surface area (Å²) in [7, 11) is -1.40. The summed E-state index contributed by atoms with van der Waals surface area (Å²) in [5.74, 6) is -0.721. The van der Waals surface area contributed by atoms with E-state index < -0.39 is 16.1 Å². The van der Waals surface area contributed by atoms with Gasteiger partial charge in [0.25, 0.3) is 5.91 Å². The Morgan fingerprint density at radius 3 is 2.42 bits per heavy atom. The van der Waals surface area contributed by atoms with E-state index in [9.17, 15) is 17.6 Å². The smallest absolute Gasteiger partial charge is 0.251 e. The van der Waals surface area contributed by atoms with Crippen molar-refractivity contribution < 1.29 is 17.6 Å². The zero-order chi connectivity index (χ0) is 22.8. The molecule has 3 rings (SSSR count). The van der Waals surface area contributed by atoms with Crippen LogP contribution in [-0.2, 0) is 10.0 Å². The van der Waals surface area contributed by atoms with E-state index in [1.165, 1.54) is 18.2 Å². The molecule has 31 heavy (non-hydrogen) atoms. The molecule has 2 aromatic carbocycles. The molecule has 2 aromatic rings. The van der Waals surface area contributed by atoms with Crippen LogP contribution in [0.5, 0.6) is 0 Å². The number of anilines is 2. The lowest BCUT2D eigenvalue weighted by Gasteiger charge is -2.36. The molecule has 2 N–H and O–H groups in total. The molecular formula is C22H29FN4O3S. The minimum atomic E-state index is -3.47. The third kappa shape index (κ3) is 5.95. The first-order valence-electron chi connectivity index (χ1n) is 10.2. The number of aryl methyl sites for hydroxylation is 1. The molecule has 0 bridgehead atoms. The summed E-state index contributed by atoms with van der Waals surface area (Å²) in [6, 6.07) is 9.05. The van der Waals surface area contributed by atoms with E-state index in [1.54, 1.807) is 25.1 Å². The SMILES string of the molecule is Cc1ccc(C(=O)NC(C)c2cc(F)ccc2N2CCN(C)CC2)cc1NS(C)(=O)=O. The fraction of sp³-hybridized carbons (Fsp3) is 0.409. The van der Waals surface area contributed by atoms with Gasteiger partial charge in [-0.3, -0.25) is 9.52 Å². The number of hydrogen-bond acceptors (Lipinski definition) is 5. The molecule has 1 aliphatic heterocycles. The molecule has 1 fully saturated rings. The molecule has 1 atom stereocenters. The molecule has 168 valence electrons. The van der Waals surface area contributed by atoms with E-state index in [0.717, 1.165) is 38.1 Å². The van der Waals surface area contributed by atoms with Gasteiger partial charge in [-0.1, -0.05) is 6.07 Å². The Kier molecular flexibility index (Phi) is 6.86. The molecule has 0 aromatic heterocycles. The van der Waals surface area contributed by atoms with Gasteiger partial charge in [0.2, 0.25) is 10.0 Å². The van der Waals surface area contributed by atoms with Crippen molar-refractivity contribution in [3.8, 4) is 0 Å². The number of likely N-dealkylation sites (N-methyl/N-ethyl adjacent to an activating group) is 1. The minimum Gasteiger partial charge on any atom is -0.369 e. The Labute approximate surface area is 183 Å². The standard InChI is InChI=1S/C22H29FN4O3S/c1-15-5-6-17(13-20(15)25-31(4,29)30)22(28)24-16(2)19-14-18(23)7-8-21(19)27-11-9-26(3)10-12-27/h5-8,13-14,16,25H,9-12H2,1-4H3,(H,24,28). The van der Waals surface area contributed by atoms with E-state index in [4.69, 9.17) is 0 Å². The maximum absolute atomic E-state index is 14.0. The van der Waals surface area contributed by atoms with Gasteiger partial charge in [0.15, 0.2) is 0 Å². The molecule has 1 aliphatic rings. The molecule has 7 nitrogen and oxygen atoms in total. The van der Waals surface area contributed by atoms with Crippen LogP contribution in [0.25, 0.3) is 0 Å². The van der Waals surface area contributed by atoms with Crippen molar-refractivity contribution >= 4 is 27.3 Å². The summed E-state index contributed by atoms with van der Waals surface area (Å²) >= 11 is 0. The lowest BCUT2D eigenvalue weighted by molar-refractivity contribution is 0.0940. The number of hydrogen-bond donors (Lipinski definition) is 2. The average Bonchev–Trinajstić information content (AvgIpc) is 2.69. The second-order valence-electron chi connectivity index (χ2n) is 8.09. The predicted octanol–water partition coefficient (Wildman–Crippen LogP) is 2.75. The average molecular weight is 449 g/mol. The first-order valence-corrected chi connectivity index (χ1v) is 12.0. The number of carbonyl (C=O) groups is 1. The summed E-state index contributed by atoms with van der Waals surface area (Å²) in [6.45, 7) is 7.06. The fourth-order valence-electron chi connectivity index (χ4n) is 3.64. The van der Waals surface area contributed by atoms with Gasteiger partial charge in [-0.05, 0) is 56.8 Å². The molecule has 1 unspecified atom stereocenters. The van der Waals surface area contributed by atoms with Crippen LogP contribution < -0.4 is 14.9 Å². The second-order valence-corrected chi connectivity index (χ2v) is 9.84. The van der Waals surface area contributed by atoms with Crippen molar-refractivity contribution in [1.29, 1.82) is 0 Å². The van der Waals surface area contributed by atoms with Gasteiger partial charge in [0, 0.05) is 43.0 Å². The van der Waals surface area contributed by atoms with Crippen LogP contribution in [0, 0.1) is 12.7 Å². The quantitative estimate of drug-likeness (QED) is 0.710. The zero-order valence-corrected chi connectivity index (χ0v) is 19.1. The van der Waals surface area contributed by atoms with E-state index in [2.05, 4.69) is 26.9 Å². The Hall–Kier alpha value is -2.65. The number of rotatable bonds is 6. The molecule has 1 heterocycles. The van der Waals surface area contributed by atoms with Crippen LogP contribution >= 0.6 is 0 Å². The lowest BCUT2D eigenvalue weighted by atomic mass is 10.0. The predicted molar refractivity (Wildman–Crippen MR) is 122 cm³/mol. The number of nitrogens with one attached hydrogen (secondary N) is 2. The first-order chi connectivity index (χ1) is 14.5. The van der Waals surface area contributed by atoms with Crippen molar-refractivity contribution in [2.45, 2.75) is 19.9 Å². The topological polar surface area (TPSA) is 81.8 Å². The van der Waals surface area contributed by atoms with E-state index >= 15 is 0 Å². The van der Waals surface area contributed by atoms with Crippen LogP contribution in [0.2, 0.25) is 0 Å². The fourth-order valence-corrected chi connectivity index (χ4v) is 4.26. The van der Waals surface area contributed by atoms with E-state index in [0.29, 0.717) is 22.4 Å². The summed E-state index contributed by atoms with van der Waals surface area (Å²) in [4.78, 5) is 17.3. The highest BCUT2D eigenvalue weighted by Gasteiger charge is 2.22. The van der Waals surface area contributed by atoms with Crippen LogP contribution in [0.4, 0.5) is 15.8 Å². The molecule has 1 amide bonds. The van der Waals surface area contributed by atoms with Crippen molar-refractivity contribution in [1.82, 2.24) is 10.2 Å². The maximum atomic E-state index is 14.0. The molecule has 0 radical (unpaired) electrons. The van der Waals surface area contributed by atoms with Gasteiger partial charge in [-0.2, -0.15) is 0 Å². The number of carbonyl (C=O) groups excluding carboxylic acids is 1. The third-order valence-corrected chi connectivity index (χ3v) is 6.03. The van der Waals surface area contributed by atoms with Crippen LogP contribution in [0.3, 0.4) is 0 Å². The Morgan fingerprint density at radius 1 is 1.10 bits per heavy atom. The van der Waals surface area contributed by atoms with E-state index in [-0.39, 0.29) is 11.7 Å². The number of piperazine rings is 1.